The molecule has 0 aliphatic carbocycles. The molecule has 0 bridgehead atoms. The maximum absolute atomic E-state index is 13.0. The minimum Gasteiger partial charge on any atom is -0.459 e. The van der Waals surface area contributed by atoms with Crippen LogP contribution >= 0.6 is 0 Å². The molecule has 4 heterocycles. The minimum atomic E-state index is -0.104. The summed E-state index contributed by atoms with van der Waals surface area (Å²) in [5.41, 5.74) is 3.39. The summed E-state index contributed by atoms with van der Waals surface area (Å²) in [6.07, 6.45) is 8.54. The molecule has 4 rings (SSSR count). The first kappa shape index (κ1) is 16.1. The summed E-state index contributed by atoms with van der Waals surface area (Å²) in [5.74, 6) is 0.336. The van der Waals surface area contributed by atoms with Crippen molar-refractivity contribution in [2.45, 2.75) is 32.2 Å². The summed E-state index contributed by atoms with van der Waals surface area (Å²) in [6, 6.07) is 3.39. The van der Waals surface area contributed by atoms with Crippen LogP contribution in [0.15, 0.2) is 40.8 Å². The first-order chi connectivity index (χ1) is 12.3. The Morgan fingerprint density at radius 2 is 2.36 bits per heavy atom. The monoisotopic (exact) mass is 340 g/mol. The van der Waals surface area contributed by atoms with Crippen LogP contribution in [0.2, 0.25) is 0 Å². The number of carbonyl (C=O) groups excluding carboxylic acids is 1. The van der Waals surface area contributed by atoms with Crippen LogP contribution in [0.4, 0.5) is 0 Å². The Kier molecular flexibility index (Phi) is 4.44. The number of aromatic nitrogens is 2. The number of hydrogen-bond acceptors (Lipinski definition) is 4. The Morgan fingerprint density at radius 1 is 1.44 bits per heavy atom. The zero-order chi connectivity index (χ0) is 17.2. The molecule has 0 saturated heterocycles. The highest BCUT2D eigenvalue weighted by Crippen LogP contribution is 2.36. The first-order valence-corrected chi connectivity index (χ1v) is 9.05. The zero-order valence-corrected chi connectivity index (χ0v) is 14.6. The van der Waals surface area contributed by atoms with E-state index < -0.39 is 0 Å². The Balaban J connectivity index is 1.67. The lowest BCUT2D eigenvalue weighted by atomic mass is 9.92. The van der Waals surface area contributed by atoms with Crippen molar-refractivity contribution >= 4 is 5.91 Å². The number of aromatic amines is 1. The van der Waals surface area contributed by atoms with Gasteiger partial charge in [0.25, 0.3) is 5.91 Å². The molecule has 6 heteroatoms. The van der Waals surface area contributed by atoms with E-state index in [4.69, 9.17) is 4.42 Å². The average molecular weight is 340 g/mol. The average Bonchev–Trinajstić information content (AvgIpc) is 3.32. The predicted octanol–water partition coefficient (Wildman–Crippen LogP) is 2.78. The van der Waals surface area contributed by atoms with E-state index >= 15 is 0 Å². The molecule has 2 aromatic heterocycles. The summed E-state index contributed by atoms with van der Waals surface area (Å²) in [5, 5.41) is 0. The number of rotatable bonds is 4. The van der Waals surface area contributed by atoms with Crippen molar-refractivity contribution in [3.8, 4) is 0 Å². The van der Waals surface area contributed by atoms with Gasteiger partial charge in [0.05, 0.1) is 24.3 Å². The Hall–Kier alpha value is -2.34. The summed E-state index contributed by atoms with van der Waals surface area (Å²) >= 11 is 0. The van der Waals surface area contributed by atoms with Gasteiger partial charge in [0.15, 0.2) is 5.76 Å². The van der Waals surface area contributed by atoms with Crippen molar-refractivity contribution in [2.24, 2.45) is 0 Å². The maximum Gasteiger partial charge on any atom is 0.290 e. The second-order valence-electron chi connectivity index (χ2n) is 6.74. The van der Waals surface area contributed by atoms with Gasteiger partial charge in [0, 0.05) is 31.7 Å². The van der Waals surface area contributed by atoms with Crippen LogP contribution in [0.3, 0.4) is 0 Å². The van der Waals surface area contributed by atoms with Crippen molar-refractivity contribution in [2.75, 3.05) is 26.2 Å². The third-order valence-corrected chi connectivity index (χ3v) is 5.07. The molecule has 1 amide bonds. The quantitative estimate of drug-likeness (QED) is 0.869. The first-order valence-electron chi connectivity index (χ1n) is 9.05. The van der Waals surface area contributed by atoms with Crippen molar-refractivity contribution in [1.82, 2.24) is 19.8 Å². The number of imidazole rings is 1. The van der Waals surface area contributed by atoms with Gasteiger partial charge in [0.1, 0.15) is 0 Å². The van der Waals surface area contributed by atoms with Crippen LogP contribution in [0.1, 0.15) is 47.7 Å². The van der Waals surface area contributed by atoms with Gasteiger partial charge < -0.3 is 14.3 Å². The van der Waals surface area contributed by atoms with Gasteiger partial charge in [-0.1, -0.05) is 13.0 Å². The molecule has 2 aliphatic rings. The van der Waals surface area contributed by atoms with Gasteiger partial charge in [-0.2, -0.15) is 0 Å². The van der Waals surface area contributed by atoms with E-state index in [0.29, 0.717) is 12.3 Å². The number of carbonyl (C=O) groups is 1. The molecule has 2 aromatic rings. The number of amides is 1. The summed E-state index contributed by atoms with van der Waals surface area (Å²) < 4.78 is 5.36. The lowest BCUT2D eigenvalue weighted by molar-refractivity contribution is 0.0645. The minimum absolute atomic E-state index is 0.0582. The van der Waals surface area contributed by atoms with Crippen LogP contribution in [0.5, 0.6) is 0 Å². The molecule has 2 aliphatic heterocycles. The van der Waals surface area contributed by atoms with Gasteiger partial charge in [-0.3, -0.25) is 9.69 Å². The van der Waals surface area contributed by atoms with Gasteiger partial charge in [-0.15, -0.1) is 0 Å². The Morgan fingerprint density at radius 3 is 3.16 bits per heavy atom. The second-order valence-corrected chi connectivity index (χ2v) is 6.74. The van der Waals surface area contributed by atoms with Crippen molar-refractivity contribution in [3.63, 3.8) is 0 Å². The van der Waals surface area contributed by atoms with Gasteiger partial charge in [-0.05, 0) is 37.1 Å². The molecule has 0 radical (unpaired) electrons. The summed E-state index contributed by atoms with van der Waals surface area (Å²) in [7, 11) is 0. The smallest absolute Gasteiger partial charge is 0.290 e. The van der Waals surface area contributed by atoms with E-state index in [1.807, 2.05) is 4.90 Å². The molecule has 132 valence electrons. The van der Waals surface area contributed by atoms with E-state index in [0.717, 1.165) is 50.3 Å². The van der Waals surface area contributed by atoms with Crippen LogP contribution in [0.25, 0.3) is 0 Å². The fraction of sp³-hybridized carbons (Fsp3) is 0.474. The molecule has 25 heavy (non-hydrogen) atoms. The van der Waals surface area contributed by atoms with E-state index in [1.54, 1.807) is 24.7 Å². The zero-order valence-electron chi connectivity index (χ0n) is 14.6. The topological polar surface area (TPSA) is 65.4 Å². The van der Waals surface area contributed by atoms with Crippen LogP contribution in [-0.4, -0.2) is 51.9 Å². The van der Waals surface area contributed by atoms with Gasteiger partial charge >= 0.3 is 0 Å². The number of hydrogen-bond donors (Lipinski definition) is 1. The maximum atomic E-state index is 13.0. The molecule has 1 N–H and O–H groups in total. The Labute approximate surface area is 147 Å². The Bertz CT molecular complexity index is 762. The molecular formula is C19H24N4O2. The molecule has 0 spiro atoms. The van der Waals surface area contributed by atoms with E-state index in [1.165, 1.54) is 5.57 Å². The molecule has 0 fully saturated rings. The fourth-order valence-electron chi connectivity index (χ4n) is 3.95. The van der Waals surface area contributed by atoms with Crippen molar-refractivity contribution < 1.29 is 9.21 Å². The highest BCUT2D eigenvalue weighted by atomic mass is 16.3. The highest BCUT2D eigenvalue weighted by Gasteiger charge is 2.37. The lowest BCUT2D eigenvalue weighted by Gasteiger charge is -2.39. The lowest BCUT2D eigenvalue weighted by Crippen LogP contribution is -2.44. The highest BCUT2D eigenvalue weighted by molar-refractivity contribution is 5.92. The van der Waals surface area contributed by atoms with Crippen LogP contribution in [-0.2, 0) is 6.42 Å². The van der Waals surface area contributed by atoms with Crippen molar-refractivity contribution in [1.29, 1.82) is 0 Å². The van der Waals surface area contributed by atoms with Crippen molar-refractivity contribution in [3.05, 3.63) is 53.5 Å². The van der Waals surface area contributed by atoms with E-state index in [-0.39, 0.29) is 11.9 Å². The second kappa shape index (κ2) is 6.88. The third kappa shape index (κ3) is 3.02. The molecule has 0 unspecified atom stereocenters. The van der Waals surface area contributed by atoms with Gasteiger partial charge in [0.2, 0.25) is 0 Å². The molecule has 1 atom stereocenters. The number of H-pyrrole nitrogens is 1. The number of fused-ring (bicyclic) bond motifs is 1. The summed E-state index contributed by atoms with van der Waals surface area (Å²) in [6.45, 7) is 5.95. The molecule has 0 aromatic carbocycles. The predicted molar refractivity (Wildman–Crippen MR) is 94.2 cm³/mol. The number of nitrogens with one attached hydrogen (secondary N) is 1. The standard InChI is InChI=1S/C19H24N4O2/c1-2-8-22-9-3-5-14(12-22)18-17-15(20-13-21-17)7-10-23(18)19(24)16-6-4-11-25-16/h4-6,11,13,18H,2-3,7-10,12H2,1H3,(H,20,21)/t18-/m1/s1. The fourth-order valence-corrected chi connectivity index (χ4v) is 3.95. The number of furan rings is 1. The molecule has 6 nitrogen and oxygen atoms in total. The third-order valence-electron chi connectivity index (χ3n) is 5.07. The van der Waals surface area contributed by atoms with E-state index in [2.05, 4.69) is 27.9 Å². The number of nitrogens with zero attached hydrogens (tertiary/aromatic N) is 3. The van der Waals surface area contributed by atoms with Crippen LogP contribution < -0.4 is 0 Å². The molecular weight excluding hydrogens is 316 g/mol. The van der Waals surface area contributed by atoms with Crippen LogP contribution in [0, 0.1) is 0 Å². The normalized spacial score (nSPS) is 21.1. The SMILES string of the molecule is CCCN1CCC=C([C@@H]2c3nc[nH]c3CCN2C(=O)c2ccco2)C1. The molecule has 0 saturated carbocycles. The van der Waals surface area contributed by atoms with E-state index in [9.17, 15) is 4.79 Å². The van der Waals surface area contributed by atoms with Gasteiger partial charge in [-0.25, -0.2) is 4.98 Å². The largest absolute Gasteiger partial charge is 0.459 e. The summed E-state index contributed by atoms with van der Waals surface area (Å²) in [4.78, 5) is 25.2.